The fourth-order valence-electron chi connectivity index (χ4n) is 2.77. The quantitative estimate of drug-likeness (QED) is 0.632. The van der Waals surface area contributed by atoms with Crippen LogP contribution in [0.4, 0.5) is 0 Å². The Balaban J connectivity index is 2.11. The first-order valence-electron chi connectivity index (χ1n) is 7.16. The van der Waals surface area contributed by atoms with Crippen LogP contribution in [-0.4, -0.2) is 43.7 Å². The normalized spacial score (nSPS) is 24.6. The average molecular weight is 318 g/mol. The van der Waals surface area contributed by atoms with Gasteiger partial charge in [-0.3, -0.25) is 14.3 Å². The third-order valence-corrected chi connectivity index (χ3v) is 6.25. The Morgan fingerprint density at radius 3 is 2.33 bits per heavy atom. The maximum atomic E-state index is 12.3. The van der Waals surface area contributed by atoms with Gasteiger partial charge in [0.05, 0.1) is 0 Å². The average Bonchev–Trinajstić information content (AvgIpc) is 2.99. The van der Waals surface area contributed by atoms with Crippen LogP contribution in [0.25, 0.3) is 0 Å². The highest BCUT2D eigenvalue weighted by Crippen LogP contribution is 2.37. The van der Waals surface area contributed by atoms with Gasteiger partial charge in [0.15, 0.2) is 5.25 Å². The SMILES string of the molecule is CC(C)(C(=O)NS(=O)(=O)C(C(=O)O)C1CC1)C1CCNC1. The van der Waals surface area contributed by atoms with Crippen molar-refractivity contribution in [3.05, 3.63) is 0 Å². The largest absolute Gasteiger partial charge is 0.480 e. The van der Waals surface area contributed by atoms with Gasteiger partial charge < -0.3 is 10.4 Å². The molecule has 0 bridgehead atoms. The molecule has 1 heterocycles. The van der Waals surface area contributed by atoms with Crippen molar-refractivity contribution < 1.29 is 23.1 Å². The van der Waals surface area contributed by atoms with Gasteiger partial charge in [-0.2, -0.15) is 0 Å². The van der Waals surface area contributed by atoms with E-state index in [0.29, 0.717) is 19.4 Å². The van der Waals surface area contributed by atoms with Crippen LogP contribution in [0.1, 0.15) is 33.1 Å². The molecule has 0 aromatic heterocycles. The van der Waals surface area contributed by atoms with E-state index >= 15 is 0 Å². The maximum absolute atomic E-state index is 12.3. The molecule has 1 saturated carbocycles. The molecule has 7 nitrogen and oxygen atoms in total. The monoisotopic (exact) mass is 318 g/mol. The molecule has 0 aromatic rings. The zero-order chi connectivity index (χ0) is 15.8. The number of carboxylic acid groups (broad SMARTS) is 1. The Bertz CT molecular complexity index is 533. The van der Waals surface area contributed by atoms with Gasteiger partial charge in [0.1, 0.15) is 0 Å². The highest BCUT2D eigenvalue weighted by atomic mass is 32.2. The molecule has 2 rings (SSSR count). The molecule has 0 aromatic carbocycles. The second-order valence-corrected chi connectivity index (χ2v) is 8.29. The molecule has 120 valence electrons. The fourth-order valence-corrected chi connectivity index (χ4v) is 4.46. The van der Waals surface area contributed by atoms with Crippen molar-refractivity contribution in [3.8, 4) is 0 Å². The van der Waals surface area contributed by atoms with Crippen molar-refractivity contribution in [2.75, 3.05) is 13.1 Å². The lowest BCUT2D eigenvalue weighted by Crippen LogP contribution is -2.50. The van der Waals surface area contributed by atoms with Crippen molar-refractivity contribution in [3.63, 3.8) is 0 Å². The number of hydrogen-bond donors (Lipinski definition) is 3. The summed E-state index contributed by atoms with van der Waals surface area (Å²) in [5.41, 5.74) is -0.858. The summed E-state index contributed by atoms with van der Waals surface area (Å²) in [6.45, 7) is 4.85. The van der Waals surface area contributed by atoms with Crippen LogP contribution in [0, 0.1) is 17.3 Å². The minimum Gasteiger partial charge on any atom is -0.480 e. The Morgan fingerprint density at radius 1 is 1.29 bits per heavy atom. The first kappa shape index (κ1) is 16.2. The molecular weight excluding hydrogens is 296 g/mol. The number of sulfonamides is 1. The summed E-state index contributed by atoms with van der Waals surface area (Å²) in [5, 5.41) is 10.7. The van der Waals surface area contributed by atoms with Crippen molar-refractivity contribution in [1.29, 1.82) is 0 Å². The van der Waals surface area contributed by atoms with Gasteiger partial charge in [-0.25, -0.2) is 8.42 Å². The predicted molar refractivity (Wildman–Crippen MR) is 76.0 cm³/mol. The molecule has 0 radical (unpaired) electrons. The van der Waals surface area contributed by atoms with E-state index in [4.69, 9.17) is 5.11 Å². The molecule has 2 atom stereocenters. The molecule has 21 heavy (non-hydrogen) atoms. The molecule has 2 fully saturated rings. The van der Waals surface area contributed by atoms with Gasteiger partial charge >= 0.3 is 5.97 Å². The molecule has 2 aliphatic rings. The van der Waals surface area contributed by atoms with Crippen molar-refractivity contribution in [2.45, 2.75) is 38.4 Å². The minimum absolute atomic E-state index is 0.0388. The summed E-state index contributed by atoms with van der Waals surface area (Å²) in [6, 6.07) is 0. The topological polar surface area (TPSA) is 113 Å². The molecular formula is C13H22N2O5S. The third kappa shape index (κ3) is 3.37. The van der Waals surface area contributed by atoms with Gasteiger partial charge in [0.25, 0.3) is 0 Å². The van der Waals surface area contributed by atoms with Crippen LogP contribution in [0.15, 0.2) is 0 Å². The smallest absolute Gasteiger partial charge is 0.324 e. The predicted octanol–water partition coefficient (Wildman–Crippen LogP) is -0.0687. The molecule has 1 aliphatic heterocycles. The third-order valence-electron chi connectivity index (χ3n) is 4.53. The Labute approximate surface area is 124 Å². The van der Waals surface area contributed by atoms with Crippen molar-refractivity contribution in [2.24, 2.45) is 17.3 Å². The first-order valence-corrected chi connectivity index (χ1v) is 8.70. The second kappa shape index (κ2) is 5.57. The van der Waals surface area contributed by atoms with Crippen molar-refractivity contribution >= 4 is 21.9 Å². The molecule has 0 spiro atoms. The van der Waals surface area contributed by atoms with E-state index in [-0.39, 0.29) is 11.8 Å². The summed E-state index contributed by atoms with van der Waals surface area (Å²) >= 11 is 0. The lowest BCUT2D eigenvalue weighted by atomic mass is 9.78. The zero-order valence-electron chi connectivity index (χ0n) is 12.3. The summed E-state index contributed by atoms with van der Waals surface area (Å²) in [5.74, 6) is -2.36. The van der Waals surface area contributed by atoms with Crippen LogP contribution in [0.2, 0.25) is 0 Å². The molecule has 1 amide bonds. The lowest BCUT2D eigenvalue weighted by molar-refractivity contribution is -0.136. The molecule has 3 N–H and O–H groups in total. The number of hydrogen-bond acceptors (Lipinski definition) is 5. The van der Waals surface area contributed by atoms with Crippen LogP contribution >= 0.6 is 0 Å². The summed E-state index contributed by atoms with van der Waals surface area (Å²) < 4.78 is 26.4. The van der Waals surface area contributed by atoms with Gasteiger partial charge in [0, 0.05) is 5.41 Å². The van der Waals surface area contributed by atoms with Crippen LogP contribution in [0.5, 0.6) is 0 Å². The molecule has 1 aliphatic carbocycles. The minimum atomic E-state index is -4.19. The number of carbonyl (C=O) groups is 2. The lowest BCUT2D eigenvalue weighted by Gasteiger charge is -2.30. The van der Waals surface area contributed by atoms with Crippen LogP contribution in [-0.2, 0) is 19.6 Å². The van der Waals surface area contributed by atoms with E-state index in [0.717, 1.165) is 13.0 Å². The number of carbonyl (C=O) groups excluding carboxylic acids is 1. The Morgan fingerprint density at radius 2 is 1.90 bits per heavy atom. The molecule has 2 unspecified atom stereocenters. The Kier molecular flexibility index (Phi) is 4.30. The highest BCUT2D eigenvalue weighted by Gasteiger charge is 2.48. The van der Waals surface area contributed by atoms with Gasteiger partial charge in [0.2, 0.25) is 15.9 Å². The van der Waals surface area contributed by atoms with E-state index < -0.39 is 32.6 Å². The Hall–Kier alpha value is -1.15. The van der Waals surface area contributed by atoms with Gasteiger partial charge in [-0.15, -0.1) is 0 Å². The molecule has 1 saturated heterocycles. The van der Waals surface area contributed by atoms with E-state index in [2.05, 4.69) is 5.32 Å². The zero-order valence-corrected chi connectivity index (χ0v) is 13.1. The maximum Gasteiger partial charge on any atom is 0.324 e. The number of carboxylic acids is 1. The number of nitrogens with one attached hydrogen (secondary N) is 2. The highest BCUT2D eigenvalue weighted by molar-refractivity contribution is 7.91. The van der Waals surface area contributed by atoms with E-state index in [1.807, 2.05) is 4.72 Å². The van der Waals surface area contributed by atoms with Gasteiger partial charge in [-0.05, 0) is 44.2 Å². The summed E-state index contributed by atoms with van der Waals surface area (Å²) in [6.07, 6.45) is 1.94. The second-order valence-electron chi connectivity index (χ2n) is 6.48. The first-order chi connectivity index (χ1) is 9.66. The fraction of sp³-hybridized carbons (Fsp3) is 0.846. The number of amides is 1. The summed E-state index contributed by atoms with van der Waals surface area (Å²) in [4.78, 5) is 23.5. The summed E-state index contributed by atoms with van der Waals surface area (Å²) in [7, 11) is -4.19. The number of aliphatic carboxylic acids is 1. The molecule has 8 heteroatoms. The van der Waals surface area contributed by atoms with E-state index in [9.17, 15) is 18.0 Å². The van der Waals surface area contributed by atoms with Crippen LogP contribution < -0.4 is 10.0 Å². The van der Waals surface area contributed by atoms with Crippen LogP contribution in [0.3, 0.4) is 0 Å². The van der Waals surface area contributed by atoms with Gasteiger partial charge in [-0.1, -0.05) is 13.8 Å². The van der Waals surface area contributed by atoms with E-state index in [1.54, 1.807) is 13.8 Å². The van der Waals surface area contributed by atoms with E-state index in [1.165, 1.54) is 0 Å². The van der Waals surface area contributed by atoms with Crippen molar-refractivity contribution in [1.82, 2.24) is 10.0 Å². The standard InChI is InChI=1S/C13H22N2O5S/c1-13(2,9-5-6-14-7-9)12(18)15-21(19,20)10(11(16)17)8-3-4-8/h8-10,14H,3-7H2,1-2H3,(H,15,18)(H,16,17). The number of rotatable bonds is 6.